The summed E-state index contributed by atoms with van der Waals surface area (Å²) in [6, 6.07) is 9.90. The number of aromatic hydroxyl groups is 1. The van der Waals surface area contributed by atoms with Crippen molar-refractivity contribution in [3.63, 3.8) is 0 Å². The molecular weight excluding hydrogens is 326 g/mol. The van der Waals surface area contributed by atoms with Crippen molar-refractivity contribution in [1.29, 1.82) is 0 Å². The minimum absolute atomic E-state index is 0.0287. The predicted octanol–water partition coefficient (Wildman–Crippen LogP) is -0.780. The fourth-order valence-electron chi connectivity index (χ4n) is 2.07. The molecule has 0 heterocycles. The number of nitrogens with zero attached hydrogens (tertiary/aromatic N) is 1. The molecule has 0 aromatic heterocycles. The van der Waals surface area contributed by atoms with Crippen molar-refractivity contribution in [3.05, 3.63) is 57.3 Å². The Morgan fingerprint density at radius 3 is 2.76 bits per heavy atom. The third-order valence-electron chi connectivity index (χ3n) is 3.36. The van der Waals surface area contributed by atoms with Gasteiger partial charge in [0.15, 0.2) is 0 Å². The van der Waals surface area contributed by atoms with Crippen molar-refractivity contribution < 1.29 is 20.2 Å². The first-order chi connectivity index (χ1) is 12.0. The molecule has 25 heavy (non-hydrogen) atoms. The van der Waals surface area contributed by atoms with Gasteiger partial charge in [-0.2, -0.15) is 0 Å². The molecule has 9 heteroatoms. The Hall–Kier alpha value is -3.62. The maximum atomic E-state index is 11.8. The first-order valence-corrected chi connectivity index (χ1v) is 7.30. The minimum Gasteiger partial charge on any atom is -0.502 e. The molecule has 2 aromatic rings. The summed E-state index contributed by atoms with van der Waals surface area (Å²) in [6.45, 7) is 1.95. The lowest BCUT2D eigenvalue weighted by atomic mass is 10.1. The molecule has 1 amide bonds. The molecule has 0 aliphatic heterocycles. The number of rotatable bonds is 7. The number of carbonyl (C=O) groups excluding carboxylic acids is 1. The molecule has 0 fully saturated rings. The van der Waals surface area contributed by atoms with Gasteiger partial charge in [0.2, 0.25) is 12.0 Å². The summed E-state index contributed by atoms with van der Waals surface area (Å²) in [5.41, 5.74) is 4.12. The van der Waals surface area contributed by atoms with Crippen LogP contribution in [0.5, 0.6) is 5.75 Å². The fourth-order valence-corrected chi connectivity index (χ4v) is 2.07. The second-order valence-corrected chi connectivity index (χ2v) is 5.13. The molecule has 2 rings (SSSR count). The Labute approximate surface area is 142 Å². The second-order valence-electron chi connectivity index (χ2n) is 5.13. The van der Waals surface area contributed by atoms with E-state index in [1.165, 1.54) is 17.5 Å². The average molecular weight is 343 g/mol. The van der Waals surface area contributed by atoms with Gasteiger partial charge in [-0.1, -0.05) is 18.2 Å². The summed E-state index contributed by atoms with van der Waals surface area (Å²) < 4.78 is 0. The van der Waals surface area contributed by atoms with E-state index in [0.29, 0.717) is 0 Å². The Morgan fingerprint density at radius 1 is 1.32 bits per heavy atom. The van der Waals surface area contributed by atoms with Crippen molar-refractivity contribution in [3.8, 4) is 5.75 Å². The largest absolute Gasteiger partial charge is 0.502 e. The number of hydrogen-bond acceptors (Lipinski definition) is 6. The lowest BCUT2D eigenvalue weighted by Crippen LogP contribution is -2.82. The van der Waals surface area contributed by atoms with Gasteiger partial charge in [-0.25, -0.2) is 0 Å². The molecule has 128 valence electrons. The lowest BCUT2D eigenvalue weighted by Gasteiger charge is -2.06. The van der Waals surface area contributed by atoms with Gasteiger partial charge in [-0.05, 0) is 29.8 Å². The number of benzene rings is 2. The number of anilines is 1. The number of hydrogen-bond donors (Lipinski definition) is 5. The van der Waals surface area contributed by atoms with E-state index >= 15 is 0 Å². The molecule has 0 saturated carbocycles. The minimum atomic E-state index is -0.373. The van der Waals surface area contributed by atoms with Gasteiger partial charge in [0, 0.05) is 21.8 Å². The molecule has 2 aromatic carbocycles. The summed E-state index contributed by atoms with van der Waals surface area (Å²) in [7, 11) is 0. The molecule has 0 spiro atoms. The molecule has 0 atom stereocenters. The van der Waals surface area contributed by atoms with E-state index in [4.69, 9.17) is 0 Å². The average Bonchev–Trinajstić information content (AvgIpc) is 2.62. The first kappa shape index (κ1) is 17.7. The third kappa shape index (κ3) is 4.67. The molecule has 0 bridgehead atoms. The second kappa shape index (κ2) is 8.29. The maximum Gasteiger partial charge on any atom is 0.297 e. The molecule has 0 radical (unpaired) electrons. The number of phenols is 1. The number of phenolic OH excluding ortho intramolecular Hbond substituents is 1. The van der Waals surface area contributed by atoms with Crippen molar-refractivity contribution >= 4 is 29.2 Å². The van der Waals surface area contributed by atoms with Crippen LogP contribution in [0.4, 0.5) is 17.1 Å². The zero-order valence-electron chi connectivity index (χ0n) is 13.4. The van der Waals surface area contributed by atoms with Crippen LogP contribution in [0.2, 0.25) is 0 Å². The molecule has 9 nitrogen and oxygen atoms in total. The SMILES string of the molecule is Cc1ccccc1NCC(=O)N/[NH+]=C/c1cc(N=O)cc([NH+]=O)c1O. The summed E-state index contributed by atoms with van der Waals surface area (Å²) >= 11 is 0. The highest BCUT2D eigenvalue weighted by Gasteiger charge is 2.16. The number of nitrogens with one attached hydrogen (secondary N) is 4. The van der Waals surface area contributed by atoms with Crippen molar-refractivity contribution in [2.45, 2.75) is 6.92 Å². The van der Waals surface area contributed by atoms with Gasteiger partial charge in [0.1, 0.15) is 5.69 Å². The Kier molecular flexibility index (Phi) is 5.88. The van der Waals surface area contributed by atoms with E-state index in [2.05, 4.69) is 21.0 Å². The number of carbonyl (C=O) groups is 1. The molecule has 5 N–H and O–H groups in total. The smallest absolute Gasteiger partial charge is 0.297 e. The van der Waals surface area contributed by atoms with Crippen LogP contribution < -0.4 is 21.0 Å². The van der Waals surface area contributed by atoms with Crippen molar-refractivity contribution in [2.24, 2.45) is 5.18 Å². The van der Waals surface area contributed by atoms with Crippen LogP contribution in [0.15, 0.2) is 41.6 Å². The van der Waals surface area contributed by atoms with Crippen LogP contribution in [-0.2, 0) is 4.79 Å². The topological polar surface area (TPSA) is 136 Å². The molecule has 0 aliphatic carbocycles. The van der Waals surface area contributed by atoms with Gasteiger partial charge in [0.25, 0.3) is 11.6 Å². The van der Waals surface area contributed by atoms with Crippen LogP contribution in [0.1, 0.15) is 11.1 Å². The highest BCUT2D eigenvalue weighted by molar-refractivity contribution is 5.85. The van der Waals surface area contributed by atoms with Crippen LogP contribution >= 0.6 is 0 Å². The number of aryl methyl sites for hydroxylation is 1. The standard InChI is InChI=1S/C16H15N5O4/c1-10-4-2-3-5-13(10)17-9-15(22)19-18-8-11-6-12(20-24)7-14(21-25)16(11)23/h2-8,17,23H,9H2,1H3,(H,19,22)/p+2/b18-8+. The van der Waals surface area contributed by atoms with Gasteiger partial charge in [0.05, 0.1) is 12.1 Å². The molecule has 0 aliphatic rings. The molecular formula is C16H17N5O4+2. The van der Waals surface area contributed by atoms with E-state index in [1.807, 2.05) is 31.2 Å². The quantitative estimate of drug-likeness (QED) is 0.194. The van der Waals surface area contributed by atoms with Crippen molar-refractivity contribution in [1.82, 2.24) is 5.43 Å². The first-order valence-electron chi connectivity index (χ1n) is 7.30. The highest BCUT2D eigenvalue weighted by Crippen LogP contribution is 2.27. The van der Waals surface area contributed by atoms with Crippen molar-refractivity contribution in [2.75, 3.05) is 11.9 Å². The predicted molar refractivity (Wildman–Crippen MR) is 91.5 cm³/mol. The number of amides is 1. The number of para-hydroxylation sites is 1. The molecule has 0 saturated heterocycles. The maximum absolute atomic E-state index is 11.8. The highest BCUT2D eigenvalue weighted by atomic mass is 16.3. The number of nitroso groups, excluding NO2 is 2. The van der Waals surface area contributed by atoms with E-state index in [0.717, 1.165) is 17.3 Å². The summed E-state index contributed by atoms with van der Waals surface area (Å²) in [5, 5.41) is 19.6. The normalized spacial score (nSPS) is 10.4. The van der Waals surface area contributed by atoms with E-state index in [9.17, 15) is 19.7 Å². The summed E-state index contributed by atoms with van der Waals surface area (Å²) in [6.07, 6.45) is 1.23. The lowest BCUT2D eigenvalue weighted by molar-refractivity contribution is -0.505. The van der Waals surface area contributed by atoms with Gasteiger partial charge in [-0.3, -0.25) is 4.79 Å². The summed E-state index contributed by atoms with van der Waals surface area (Å²) in [4.78, 5) is 33.1. The van der Waals surface area contributed by atoms with Crippen LogP contribution in [0.25, 0.3) is 0 Å². The van der Waals surface area contributed by atoms with Gasteiger partial charge < -0.3 is 10.4 Å². The van der Waals surface area contributed by atoms with E-state index in [-0.39, 0.29) is 35.1 Å². The fraction of sp³-hybridized carbons (Fsp3) is 0.125. The number of hydrazone groups is 1. The van der Waals surface area contributed by atoms with Gasteiger partial charge in [-0.15, -0.1) is 15.4 Å². The molecule has 0 unspecified atom stereocenters. The van der Waals surface area contributed by atoms with Gasteiger partial charge >= 0.3 is 0 Å². The monoisotopic (exact) mass is 343 g/mol. The Balaban J connectivity index is 1.98. The van der Waals surface area contributed by atoms with Crippen LogP contribution in [0.3, 0.4) is 0 Å². The van der Waals surface area contributed by atoms with Crippen LogP contribution in [0, 0.1) is 16.7 Å². The zero-order valence-corrected chi connectivity index (χ0v) is 13.4. The van der Waals surface area contributed by atoms with E-state index < -0.39 is 0 Å². The third-order valence-corrected chi connectivity index (χ3v) is 3.36. The van der Waals surface area contributed by atoms with Crippen LogP contribution in [-0.4, -0.2) is 23.8 Å². The Bertz CT molecular complexity index is 835. The summed E-state index contributed by atoms with van der Waals surface area (Å²) in [5.74, 6) is -0.729. The number of hydrazine groups is 1. The Morgan fingerprint density at radius 2 is 2.08 bits per heavy atom. The van der Waals surface area contributed by atoms with E-state index in [1.54, 1.807) is 0 Å². The zero-order chi connectivity index (χ0) is 18.2.